The van der Waals surface area contributed by atoms with E-state index in [2.05, 4.69) is 10.3 Å². The number of rotatable bonds is 2. The predicted octanol–water partition coefficient (Wildman–Crippen LogP) is 3.21. The number of anilines is 1. The summed E-state index contributed by atoms with van der Waals surface area (Å²) in [5.74, 6) is 0.464. The molecule has 1 atom stereocenters. The van der Waals surface area contributed by atoms with E-state index in [0.717, 1.165) is 25.4 Å². The molecule has 0 aliphatic carbocycles. The Balaban J connectivity index is 0.00000261. The molecule has 3 heterocycles. The molecule has 2 aliphatic rings. The zero-order valence-corrected chi connectivity index (χ0v) is 16.5. The highest BCUT2D eigenvalue weighted by Crippen LogP contribution is 2.34. The Bertz CT molecular complexity index is 666. The van der Waals surface area contributed by atoms with Crippen molar-refractivity contribution in [1.29, 1.82) is 0 Å². The first-order chi connectivity index (χ1) is 12.3. The minimum absolute atomic E-state index is 0. The number of piperazine rings is 1. The zero-order valence-electron chi connectivity index (χ0n) is 14.9. The largest absolute Gasteiger partial charge is 0.417 e. The Morgan fingerprint density at radius 1 is 1.30 bits per heavy atom. The molecule has 1 amide bonds. The summed E-state index contributed by atoms with van der Waals surface area (Å²) in [6.45, 7) is 5.46. The van der Waals surface area contributed by atoms with Crippen LogP contribution in [0.2, 0.25) is 5.02 Å². The minimum atomic E-state index is -4.46. The maximum atomic E-state index is 12.7. The molecular formula is C17H23Cl2F3N4O. The van der Waals surface area contributed by atoms with Gasteiger partial charge >= 0.3 is 6.18 Å². The number of piperidine rings is 1. The molecule has 27 heavy (non-hydrogen) atoms. The van der Waals surface area contributed by atoms with Crippen molar-refractivity contribution in [3.8, 4) is 0 Å². The van der Waals surface area contributed by atoms with Gasteiger partial charge in [-0.2, -0.15) is 13.2 Å². The van der Waals surface area contributed by atoms with Gasteiger partial charge < -0.3 is 15.1 Å². The summed E-state index contributed by atoms with van der Waals surface area (Å²) in [6.07, 6.45) is -2.36. The van der Waals surface area contributed by atoms with Crippen LogP contribution in [0.4, 0.5) is 19.0 Å². The highest BCUT2D eigenvalue weighted by molar-refractivity contribution is 6.33. The van der Waals surface area contributed by atoms with E-state index < -0.39 is 11.7 Å². The third kappa shape index (κ3) is 4.97. The van der Waals surface area contributed by atoms with Gasteiger partial charge in [0.25, 0.3) is 0 Å². The standard InChI is InChI=1S/C17H22ClF3N4O.ClH/c1-11-9-22-4-7-25(11)16(26)12-2-5-24(6-3-12)15-14(18)8-13(10-23-15)17(19,20)21;/h8,10-12,22H,2-7,9H2,1H3;1H. The minimum Gasteiger partial charge on any atom is -0.355 e. The molecule has 0 spiro atoms. The number of carbonyl (C=O) groups is 1. The zero-order chi connectivity index (χ0) is 18.9. The van der Waals surface area contributed by atoms with Gasteiger partial charge in [0.1, 0.15) is 5.82 Å². The van der Waals surface area contributed by atoms with Crippen LogP contribution in [0.25, 0.3) is 0 Å². The van der Waals surface area contributed by atoms with E-state index in [-0.39, 0.29) is 35.3 Å². The number of hydrogen-bond donors (Lipinski definition) is 1. The number of amides is 1. The number of pyridine rings is 1. The molecule has 0 saturated carbocycles. The van der Waals surface area contributed by atoms with Crippen LogP contribution in [0.1, 0.15) is 25.3 Å². The Morgan fingerprint density at radius 2 is 1.96 bits per heavy atom. The summed E-state index contributed by atoms with van der Waals surface area (Å²) in [7, 11) is 0. The number of nitrogens with one attached hydrogen (secondary N) is 1. The van der Waals surface area contributed by atoms with Crippen LogP contribution in [-0.4, -0.2) is 54.6 Å². The molecular weight excluding hydrogens is 404 g/mol. The molecule has 1 aromatic heterocycles. The first-order valence-corrected chi connectivity index (χ1v) is 9.14. The Labute approximate surface area is 167 Å². The molecule has 1 N–H and O–H groups in total. The van der Waals surface area contributed by atoms with Gasteiger partial charge in [-0.25, -0.2) is 4.98 Å². The normalized spacial score (nSPS) is 21.7. The van der Waals surface area contributed by atoms with Gasteiger partial charge in [-0.15, -0.1) is 12.4 Å². The summed E-state index contributed by atoms with van der Waals surface area (Å²) in [6, 6.07) is 1.09. The number of hydrogen-bond acceptors (Lipinski definition) is 4. The van der Waals surface area contributed by atoms with Crippen molar-refractivity contribution in [1.82, 2.24) is 15.2 Å². The summed E-state index contributed by atoms with van der Waals surface area (Å²) < 4.78 is 38.2. The molecule has 1 unspecified atom stereocenters. The second-order valence-electron chi connectivity index (χ2n) is 6.87. The molecule has 2 fully saturated rings. The van der Waals surface area contributed by atoms with Gasteiger partial charge in [0.15, 0.2) is 0 Å². The van der Waals surface area contributed by atoms with E-state index in [1.807, 2.05) is 16.7 Å². The van der Waals surface area contributed by atoms with Crippen LogP contribution in [0.3, 0.4) is 0 Å². The predicted molar refractivity (Wildman–Crippen MR) is 100 cm³/mol. The molecule has 3 rings (SSSR count). The monoisotopic (exact) mass is 426 g/mol. The number of carbonyl (C=O) groups excluding carboxylic acids is 1. The summed E-state index contributed by atoms with van der Waals surface area (Å²) >= 11 is 6.02. The van der Waals surface area contributed by atoms with Crippen molar-refractivity contribution in [2.24, 2.45) is 5.92 Å². The lowest BCUT2D eigenvalue weighted by Gasteiger charge is -2.39. The number of alkyl halides is 3. The van der Waals surface area contributed by atoms with Crippen molar-refractivity contribution in [3.63, 3.8) is 0 Å². The molecule has 0 radical (unpaired) electrons. The van der Waals surface area contributed by atoms with E-state index in [1.165, 1.54) is 0 Å². The van der Waals surface area contributed by atoms with Crippen molar-refractivity contribution in [2.45, 2.75) is 32.0 Å². The van der Waals surface area contributed by atoms with Crippen molar-refractivity contribution >= 4 is 35.7 Å². The fraction of sp³-hybridized carbons (Fsp3) is 0.647. The van der Waals surface area contributed by atoms with Crippen molar-refractivity contribution in [3.05, 3.63) is 22.8 Å². The Morgan fingerprint density at radius 3 is 2.52 bits per heavy atom. The van der Waals surface area contributed by atoms with Crippen LogP contribution >= 0.6 is 24.0 Å². The second kappa shape index (κ2) is 8.84. The number of nitrogens with zero attached hydrogens (tertiary/aromatic N) is 3. The molecule has 2 saturated heterocycles. The molecule has 5 nitrogen and oxygen atoms in total. The van der Waals surface area contributed by atoms with Gasteiger partial charge in [-0.3, -0.25) is 4.79 Å². The van der Waals surface area contributed by atoms with Gasteiger partial charge in [0.05, 0.1) is 10.6 Å². The van der Waals surface area contributed by atoms with Crippen LogP contribution < -0.4 is 10.2 Å². The van der Waals surface area contributed by atoms with Crippen LogP contribution in [0.15, 0.2) is 12.3 Å². The third-order valence-electron chi connectivity index (χ3n) is 5.08. The first-order valence-electron chi connectivity index (χ1n) is 8.76. The smallest absolute Gasteiger partial charge is 0.355 e. The van der Waals surface area contributed by atoms with Crippen LogP contribution in [0, 0.1) is 5.92 Å². The molecule has 0 bridgehead atoms. The van der Waals surface area contributed by atoms with E-state index in [4.69, 9.17) is 11.6 Å². The van der Waals surface area contributed by atoms with Crippen molar-refractivity contribution in [2.75, 3.05) is 37.6 Å². The van der Waals surface area contributed by atoms with Gasteiger partial charge in [0, 0.05) is 50.9 Å². The van der Waals surface area contributed by atoms with Gasteiger partial charge in [-0.1, -0.05) is 11.6 Å². The quantitative estimate of drug-likeness (QED) is 0.788. The Kier molecular flexibility index (Phi) is 7.21. The fourth-order valence-corrected chi connectivity index (χ4v) is 3.85. The lowest BCUT2D eigenvalue weighted by Crippen LogP contribution is -2.54. The highest BCUT2D eigenvalue weighted by atomic mass is 35.5. The van der Waals surface area contributed by atoms with Crippen LogP contribution in [0.5, 0.6) is 0 Å². The SMILES string of the molecule is CC1CNCCN1C(=O)C1CCN(c2ncc(C(F)(F)F)cc2Cl)CC1.Cl. The van der Waals surface area contributed by atoms with E-state index in [1.54, 1.807) is 0 Å². The average molecular weight is 427 g/mol. The molecule has 10 heteroatoms. The first kappa shape index (κ1) is 22.0. The number of halogens is 5. The maximum Gasteiger partial charge on any atom is 0.417 e. The molecule has 2 aliphatic heterocycles. The summed E-state index contributed by atoms with van der Waals surface area (Å²) in [5.41, 5.74) is -0.857. The van der Waals surface area contributed by atoms with E-state index in [0.29, 0.717) is 38.3 Å². The summed E-state index contributed by atoms with van der Waals surface area (Å²) in [4.78, 5) is 20.4. The highest BCUT2D eigenvalue weighted by Gasteiger charge is 2.34. The lowest BCUT2D eigenvalue weighted by atomic mass is 9.94. The molecule has 1 aromatic rings. The topological polar surface area (TPSA) is 48.5 Å². The van der Waals surface area contributed by atoms with Gasteiger partial charge in [0.2, 0.25) is 5.91 Å². The molecule has 152 valence electrons. The van der Waals surface area contributed by atoms with Crippen molar-refractivity contribution < 1.29 is 18.0 Å². The van der Waals surface area contributed by atoms with E-state index in [9.17, 15) is 18.0 Å². The van der Waals surface area contributed by atoms with Crippen LogP contribution in [-0.2, 0) is 11.0 Å². The average Bonchev–Trinajstić information content (AvgIpc) is 2.61. The molecule has 0 aromatic carbocycles. The van der Waals surface area contributed by atoms with E-state index >= 15 is 0 Å². The Hall–Kier alpha value is -1.25. The maximum absolute atomic E-state index is 12.7. The fourth-order valence-electron chi connectivity index (χ4n) is 3.56. The van der Waals surface area contributed by atoms with Gasteiger partial charge in [-0.05, 0) is 25.8 Å². The summed E-state index contributed by atoms with van der Waals surface area (Å²) in [5, 5.41) is 3.25. The lowest BCUT2D eigenvalue weighted by molar-refractivity contribution is -0.139. The second-order valence-corrected chi connectivity index (χ2v) is 7.28. The number of aromatic nitrogens is 1. The third-order valence-corrected chi connectivity index (χ3v) is 5.36.